The second kappa shape index (κ2) is 8.28. The highest BCUT2D eigenvalue weighted by atomic mass is 32.2. The molecule has 0 radical (unpaired) electrons. The molecule has 1 heterocycles. The van der Waals surface area contributed by atoms with Crippen molar-refractivity contribution in [2.75, 3.05) is 5.32 Å². The summed E-state index contributed by atoms with van der Waals surface area (Å²) >= 11 is 2.51. The highest BCUT2D eigenvalue weighted by Crippen LogP contribution is 2.33. The van der Waals surface area contributed by atoms with Gasteiger partial charge in [0.1, 0.15) is 5.82 Å². The number of sulfone groups is 1. The van der Waals surface area contributed by atoms with Gasteiger partial charge in [-0.15, -0.1) is 10.2 Å². The Labute approximate surface area is 161 Å². The van der Waals surface area contributed by atoms with E-state index in [0.29, 0.717) is 20.9 Å². The number of rotatable bonds is 7. The molecule has 11 heteroatoms. The topological polar surface area (TPSA) is 72.0 Å². The van der Waals surface area contributed by atoms with E-state index in [1.165, 1.54) is 47.4 Å². The van der Waals surface area contributed by atoms with E-state index in [-0.39, 0.29) is 5.82 Å². The van der Waals surface area contributed by atoms with E-state index in [4.69, 9.17) is 0 Å². The number of halogens is 3. The predicted octanol–water partition coefficient (Wildman–Crippen LogP) is 4.44. The fraction of sp³-hybridized carbons (Fsp3) is 0.125. The van der Waals surface area contributed by atoms with Crippen molar-refractivity contribution in [2.24, 2.45) is 0 Å². The third kappa shape index (κ3) is 4.99. The number of alkyl halides is 2. The second-order valence-electron chi connectivity index (χ2n) is 5.23. The molecule has 1 aromatic heterocycles. The Balaban J connectivity index is 1.61. The first-order chi connectivity index (χ1) is 12.8. The molecule has 5 nitrogen and oxygen atoms in total. The van der Waals surface area contributed by atoms with Crippen molar-refractivity contribution in [2.45, 2.75) is 26.4 Å². The number of hydrogen-bond donors (Lipinski definition) is 1. The summed E-state index contributed by atoms with van der Waals surface area (Å²) in [7, 11) is -4.60. The van der Waals surface area contributed by atoms with E-state index in [0.717, 1.165) is 17.7 Å². The van der Waals surface area contributed by atoms with Crippen LogP contribution in [0.3, 0.4) is 0 Å². The Hall–Kier alpha value is -2.11. The van der Waals surface area contributed by atoms with Crippen molar-refractivity contribution >= 4 is 38.1 Å². The Morgan fingerprint density at radius 2 is 1.70 bits per heavy atom. The summed E-state index contributed by atoms with van der Waals surface area (Å²) in [6.07, 6.45) is 0. The quantitative estimate of drug-likeness (QED) is 0.597. The first-order valence-electron chi connectivity index (χ1n) is 7.46. The Morgan fingerprint density at radius 3 is 2.33 bits per heavy atom. The van der Waals surface area contributed by atoms with Crippen molar-refractivity contribution in [3.8, 4) is 0 Å². The zero-order valence-corrected chi connectivity index (χ0v) is 15.9. The predicted molar refractivity (Wildman–Crippen MR) is 97.4 cm³/mol. The number of aromatic nitrogens is 2. The van der Waals surface area contributed by atoms with Crippen LogP contribution in [0, 0.1) is 5.82 Å². The highest BCUT2D eigenvalue weighted by molar-refractivity contribution is 8.01. The Morgan fingerprint density at radius 1 is 1.04 bits per heavy atom. The van der Waals surface area contributed by atoms with Gasteiger partial charge < -0.3 is 5.32 Å². The minimum atomic E-state index is -4.60. The van der Waals surface area contributed by atoms with Crippen LogP contribution < -0.4 is 5.32 Å². The van der Waals surface area contributed by atoms with Gasteiger partial charge in [0.05, 0.1) is 4.90 Å². The summed E-state index contributed by atoms with van der Waals surface area (Å²) < 4.78 is 61.3. The molecule has 0 fully saturated rings. The third-order valence-corrected chi connectivity index (χ3v) is 6.69. The smallest absolute Gasteiger partial charge is 0.341 e. The third-order valence-electron chi connectivity index (χ3n) is 3.36. The lowest BCUT2D eigenvalue weighted by Gasteiger charge is -2.03. The molecule has 0 unspecified atom stereocenters. The molecule has 27 heavy (non-hydrogen) atoms. The maximum Gasteiger partial charge on any atom is 0.341 e. The summed E-state index contributed by atoms with van der Waals surface area (Å²) in [5.41, 5.74) is 0.886. The molecule has 0 aliphatic heterocycles. The molecule has 3 aromatic rings. The SMILES string of the molecule is O=S(=O)(c1ccc(Sc2nnc(NCc3ccc(F)cc3)s2)cc1)C(F)F. The lowest BCUT2D eigenvalue weighted by atomic mass is 10.2. The minimum absolute atomic E-state index is 0.305. The normalized spacial score (nSPS) is 11.7. The van der Waals surface area contributed by atoms with Gasteiger partial charge in [0, 0.05) is 11.4 Å². The van der Waals surface area contributed by atoms with Crippen LogP contribution in [0.25, 0.3) is 0 Å². The summed E-state index contributed by atoms with van der Waals surface area (Å²) in [6, 6.07) is 11.2. The Kier molecular flexibility index (Phi) is 6.02. The lowest BCUT2D eigenvalue weighted by molar-refractivity contribution is 0.234. The molecule has 142 valence electrons. The number of anilines is 1. The summed E-state index contributed by atoms with van der Waals surface area (Å²) in [5, 5.41) is 11.6. The first kappa shape index (κ1) is 19.6. The lowest BCUT2D eigenvalue weighted by Crippen LogP contribution is -2.10. The second-order valence-corrected chi connectivity index (χ2v) is 9.45. The highest BCUT2D eigenvalue weighted by Gasteiger charge is 2.26. The standard InChI is InChI=1S/C16H12F3N3O2S3/c17-11-3-1-10(2-4-11)9-20-15-21-22-16(26-15)25-12-5-7-13(8-6-12)27(23,24)14(18)19/h1-8,14H,9H2,(H,20,21). The van der Waals surface area contributed by atoms with Gasteiger partial charge in [0.25, 0.3) is 0 Å². The van der Waals surface area contributed by atoms with Gasteiger partial charge in [-0.3, -0.25) is 0 Å². The molecule has 0 amide bonds. The van der Waals surface area contributed by atoms with Crippen molar-refractivity contribution < 1.29 is 21.6 Å². The summed E-state index contributed by atoms with van der Waals surface area (Å²) in [6.45, 7) is 0.458. The van der Waals surface area contributed by atoms with E-state index >= 15 is 0 Å². The summed E-state index contributed by atoms with van der Waals surface area (Å²) in [5.74, 6) is -3.75. The molecular formula is C16H12F3N3O2S3. The van der Waals surface area contributed by atoms with E-state index in [1.54, 1.807) is 12.1 Å². The van der Waals surface area contributed by atoms with Crippen LogP contribution in [0.1, 0.15) is 5.56 Å². The van der Waals surface area contributed by atoms with Gasteiger partial charge in [-0.25, -0.2) is 12.8 Å². The van der Waals surface area contributed by atoms with Gasteiger partial charge in [0.15, 0.2) is 4.34 Å². The van der Waals surface area contributed by atoms with Crippen molar-refractivity contribution in [3.05, 3.63) is 59.9 Å². The first-order valence-corrected chi connectivity index (χ1v) is 10.6. The van der Waals surface area contributed by atoms with Gasteiger partial charge >= 0.3 is 5.76 Å². The van der Waals surface area contributed by atoms with Gasteiger partial charge in [0.2, 0.25) is 15.0 Å². The molecule has 0 aliphatic carbocycles. The van der Waals surface area contributed by atoms with Crippen LogP contribution in [0.5, 0.6) is 0 Å². The number of hydrogen-bond acceptors (Lipinski definition) is 7. The maximum absolute atomic E-state index is 12.9. The van der Waals surface area contributed by atoms with Crippen LogP contribution in [-0.4, -0.2) is 24.4 Å². The molecule has 0 spiro atoms. The molecule has 0 saturated carbocycles. The fourth-order valence-electron chi connectivity index (χ4n) is 2.00. The van der Waals surface area contributed by atoms with Gasteiger partial charge in [-0.05, 0) is 42.0 Å². The molecule has 3 rings (SSSR count). The Bertz CT molecular complexity index is 1010. The van der Waals surface area contributed by atoms with Crippen LogP contribution in [-0.2, 0) is 16.4 Å². The molecular weight excluding hydrogens is 419 g/mol. The zero-order chi connectivity index (χ0) is 19.4. The average Bonchev–Trinajstić information content (AvgIpc) is 3.09. The fourth-order valence-corrected chi connectivity index (χ4v) is 4.45. The van der Waals surface area contributed by atoms with Crippen molar-refractivity contribution in [1.82, 2.24) is 10.2 Å². The molecule has 0 saturated heterocycles. The molecule has 0 aliphatic rings. The summed E-state index contributed by atoms with van der Waals surface area (Å²) in [4.78, 5) is 0.213. The van der Waals surface area contributed by atoms with Gasteiger partial charge in [-0.1, -0.05) is 35.2 Å². The average molecular weight is 431 g/mol. The molecule has 1 N–H and O–H groups in total. The van der Waals surface area contributed by atoms with E-state index in [2.05, 4.69) is 15.5 Å². The largest absolute Gasteiger partial charge is 0.356 e. The monoisotopic (exact) mass is 431 g/mol. The van der Waals surface area contributed by atoms with Crippen LogP contribution in [0.2, 0.25) is 0 Å². The van der Waals surface area contributed by atoms with E-state index in [1.807, 2.05) is 0 Å². The van der Waals surface area contributed by atoms with Gasteiger partial charge in [-0.2, -0.15) is 8.78 Å². The molecule has 0 bridgehead atoms. The van der Waals surface area contributed by atoms with Crippen molar-refractivity contribution in [1.29, 1.82) is 0 Å². The van der Waals surface area contributed by atoms with E-state index < -0.39 is 20.5 Å². The number of nitrogens with zero attached hydrogens (tertiary/aromatic N) is 2. The van der Waals surface area contributed by atoms with Crippen LogP contribution in [0.15, 0.2) is 62.7 Å². The number of benzene rings is 2. The molecule has 2 aromatic carbocycles. The zero-order valence-electron chi connectivity index (χ0n) is 13.5. The minimum Gasteiger partial charge on any atom is -0.356 e. The van der Waals surface area contributed by atoms with Crippen molar-refractivity contribution in [3.63, 3.8) is 0 Å². The number of nitrogens with one attached hydrogen (secondary N) is 1. The van der Waals surface area contributed by atoms with Crippen LogP contribution in [0.4, 0.5) is 18.3 Å². The van der Waals surface area contributed by atoms with E-state index in [9.17, 15) is 21.6 Å². The maximum atomic E-state index is 12.9. The van der Waals surface area contributed by atoms with Crippen LogP contribution >= 0.6 is 23.1 Å². The molecule has 0 atom stereocenters.